The van der Waals surface area contributed by atoms with Gasteiger partial charge in [-0.2, -0.15) is 0 Å². The van der Waals surface area contributed by atoms with Gasteiger partial charge in [0, 0.05) is 33.3 Å². The average Bonchev–Trinajstić information content (AvgIpc) is 3.47. The van der Waals surface area contributed by atoms with Gasteiger partial charge in [-0.05, 0) is 53.6 Å². The number of Topliss-reactive ketones (excluding diaryl/α,β-unsaturated/α-hetero) is 3. The van der Waals surface area contributed by atoms with E-state index in [1.807, 2.05) is 47.4 Å². The number of hydrogen-bond acceptors (Lipinski definition) is 6. The van der Waals surface area contributed by atoms with Crippen LogP contribution in [0.2, 0.25) is 5.02 Å². The van der Waals surface area contributed by atoms with Crippen molar-refractivity contribution in [2.45, 2.75) is 18.0 Å². The fourth-order valence-electron chi connectivity index (χ4n) is 7.12. The summed E-state index contributed by atoms with van der Waals surface area (Å²) in [7, 11) is 3.08. The van der Waals surface area contributed by atoms with E-state index in [0.717, 1.165) is 11.3 Å². The smallest absolute Gasteiger partial charge is 0.185 e. The van der Waals surface area contributed by atoms with Crippen LogP contribution in [0, 0.1) is 5.41 Å². The van der Waals surface area contributed by atoms with Crippen molar-refractivity contribution in [2.24, 2.45) is 5.41 Å². The summed E-state index contributed by atoms with van der Waals surface area (Å²) in [6.07, 6.45) is 3.86. The highest BCUT2D eigenvalue weighted by molar-refractivity contribution is 6.32. The minimum absolute atomic E-state index is 0.213. The van der Waals surface area contributed by atoms with Crippen LogP contribution < -0.4 is 14.4 Å². The summed E-state index contributed by atoms with van der Waals surface area (Å²) in [4.78, 5) is 46.2. The molecule has 4 aromatic carbocycles. The first-order chi connectivity index (χ1) is 20.4. The molecular weight excluding hydrogens is 550 g/mol. The summed E-state index contributed by atoms with van der Waals surface area (Å²) in [5.41, 5.74) is 1.92. The highest BCUT2D eigenvalue weighted by Gasteiger charge is 2.71. The zero-order valence-electron chi connectivity index (χ0n) is 22.9. The molecule has 208 valence electrons. The number of ether oxygens (including phenoxy) is 2. The Hall–Kier alpha value is -4.68. The number of para-hydroxylation sites is 1. The number of ketones is 3. The molecule has 2 aliphatic heterocycles. The Morgan fingerprint density at radius 3 is 2.12 bits per heavy atom. The van der Waals surface area contributed by atoms with Crippen LogP contribution in [-0.2, 0) is 0 Å². The van der Waals surface area contributed by atoms with Gasteiger partial charge >= 0.3 is 0 Å². The van der Waals surface area contributed by atoms with E-state index in [-0.39, 0.29) is 17.3 Å². The molecule has 0 unspecified atom stereocenters. The molecule has 7 rings (SSSR count). The number of rotatable bonds is 5. The van der Waals surface area contributed by atoms with Crippen LogP contribution in [0.15, 0.2) is 97.1 Å². The van der Waals surface area contributed by atoms with Crippen LogP contribution in [0.3, 0.4) is 0 Å². The number of anilines is 1. The van der Waals surface area contributed by atoms with Crippen LogP contribution in [0.5, 0.6) is 11.5 Å². The molecule has 6 nitrogen and oxygen atoms in total. The standard InChI is InChI=1S/C35H26ClNO5/c1-41-27-17-13-22(19-28(27)42-2)30-31(32(38)21-11-15-23(36)16-12-21)37-26-10-6-3-7-20(26)14-18-29(37)35(30)33(39)24-8-4-5-9-25(24)34(35)40/h3-19,29-31H,1-2H3/t29-,30+,31-/m0/s1. The van der Waals surface area contributed by atoms with Crippen molar-refractivity contribution < 1.29 is 23.9 Å². The first-order valence-corrected chi connectivity index (χ1v) is 14.1. The van der Waals surface area contributed by atoms with Crippen LogP contribution in [0.25, 0.3) is 6.08 Å². The highest BCUT2D eigenvalue weighted by Crippen LogP contribution is 2.61. The zero-order valence-corrected chi connectivity index (χ0v) is 23.7. The van der Waals surface area contributed by atoms with Gasteiger partial charge in [-0.25, -0.2) is 0 Å². The largest absolute Gasteiger partial charge is 0.493 e. The predicted molar refractivity (Wildman–Crippen MR) is 161 cm³/mol. The Labute approximate surface area is 248 Å². The molecule has 0 amide bonds. The van der Waals surface area contributed by atoms with E-state index in [9.17, 15) is 14.4 Å². The van der Waals surface area contributed by atoms with E-state index in [4.69, 9.17) is 21.1 Å². The second-order valence-electron chi connectivity index (χ2n) is 10.8. The SMILES string of the molecule is COc1ccc([C@@H]2[C@@H](C(=O)c3ccc(Cl)cc3)N3c4ccccc4C=C[C@H]3C23C(=O)c2ccccc2C3=O)cc1OC. The second-order valence-corrected chi connectivity index (χ2v) is 11.2. The van der Waals surface area contributed by atoms with E-state index < -0.39 is 23.4 Å². The maximum absolute atomic E-state index is 14.7. The lowest BCUT2D eigenvalue weighted by Gasteiger charge is -2.37. The molecule has 0 saturated carbocycles. The van der Waals surface area contributed by atoms with Crippen molar-refractivity contribution in [3.63, 3.8) is 0 Å². The molecule has 7 heteroatoms. The molecule has 1 aliphatic carbocycles. The monoisotopic (exact) mass is 575 g/mol. The van der Waals surface area contributed by atoms with Gasteiger partial charge in [0.2, 0.25) is 0 Å². The van der Waals surface area contributed by atoms with Gasteiger partial charge in [-0.3, -0.25) is 14.4 Å². The third kappa shape index (κ3) is 3.48. The minimum Gasteiger partial charge on any atom is -0.493 e. The second kappa shape index (κ2) is 9.71. The Bertz CT molecular complexity index is 1780. The lowest BCUT2D eigenvalue weighted by molar-refractivity contribution is 0.0665. The van der Waals surface area contributed by atoms with Gasteiger partial charge in [-0.1, -0.05) is 72.3 Å². The van der Waals surface area contributed by atoms with Gasteiger partial charge in [0.05, 0.1) is 20.3 Å². The van der Waals surface area contributed by atoms with Crippen molar-refractivity contribution >= 4 is 40.7 Å². The molecule has 0 radical (unpaired) electrons. The number of methoxy groups -OCH3 is 2. The van der Waals surface area contributed by atoms with Crippen LogP contribution >= 0.6 is 11.6 Å². The Balaban J connectivity index is 1.55. The molecule has 2 heterocycles. The number of halogens is 1. The average molecular weight is 576 g/mol. The van der Waals surface area contributed by atoms with Crippen LogP contribution in [0.4, 0.5) is 5.69 Å². The van der Waals surface area contributed by atoms with Crippen LogP contribution in [0.1, 0.15) is 48.1 Å². The maximum Gasteiger partial charge on any atom is 0.185 e. The molecular formula is C35H26ClNO5. The first kappa shape index (κ1) is 26.2. The third-order valence-corrected chi connectivity index (χ3v) is 9.13. The summed E-state index contributed by atoms with van der Waals surface area (Å²) in [5, 5.41) is 0.506. The van der Waals surface area contributed by atoms with Crippen molar-refractivity contribution in [1.82, 2.24) is 0 Å². The Kier molecular flexibility index (Phi) is 6.06. The lowest BCUT2D eigenvalue weighted by Crippen LogP contribution is -2.48. The van der Waals surface area contributed by atoms with E-state index in [1.165, 1.54) is 7.11 Å². The molecule has 3 aliphatic rings. The summed E-state index contributed by atoms with van der Waals surface area (Å²) in [6.45, 7) is 0. The number of benzene rings is 4. The van der Waals surface area contributed by atoms with Crippen LogP contribution in [-0.4, -0.2) is 43.7 Å². The van der Waals surface area contributed by atoms with Crippen molar-refractivity contribution in [2.75, 3.05) is 19.1 Å². The number of carbonyl (C=O) groups excluding carboxylic acids is 3. The summed E-state index contributed by atoms with van der Waals surface area (Å²) < 4.78 is 11.1. The van der Waals surface area contributed by atoms with E-state index in [0.29, 0.717) is 38.8 Å². The molecule has 0 N–H and O–H groups in total. The summed E-state index contributed by atoms with van der Waals surface area (Å²) >= 11 is 6.18. The topological polar surface area (TPSA) is 72.9 Å². The van der Waals surface area contributed by atoms with Gasteiger partial charge in [-0.15, -0.1) is 0 Å². The molecule has 0 bridgehead atoms. The molecule has 42 heavy (non-hydrogen) atoms. The van der Waals surface area contributed by atoms with Crippen molar-refractivity contribution in [1.29, 1.82) is 0 Å². The number of nitrogens with zero attached hydrogens (tertiary/aromatic N) is 1. The number of fused-ring (bicyclic) bond motifs is 5. The summed E-state index contributed by atoms with van der Waals surface area (Å²) in [5.74, 6) is -0.686. The molecule has 1 spiro atoms. The Morgan fingerprint density at radius 1 is 0.810 bits per heavy atom. The van der Waals surface area contributed by atoms with Crippen molar-refractivity contribution in [3.8, 4) is 11.5 Å². The molecule has 0 aromatic heterocycles. The third-order valence-electron chi connectivity index (χ3n) is 8.88. The first-order valence-electron chi connectivity index (χ1n) is 13.7. The molecule has 3 atom stereocenters. The zero-order chi connectivity index (χ0) is 29.2. The van der Waals surface area contributed by atoms with E-state index in [1.54, 1.807) is 67.8 Å². The quantitative estimate of drug-likeness (QED) is 0.195. The lowest BCUT2D eigenvalue weighted by atomic mass is 9.64. The fraction of sp³-hybridized carbons (Fsp3) is 0.171. The van der Waals surface area contributed by atoms with Crippen molar-refractivity contribution in [3.05, 3.63) is 130 Å². The van der Waals surface area contributed by atoms with Gasteiger partial charge in [0.25, 0.3) is 0 Å². The van der Waals surface area contributed by atoms with Gasteiger partial charge in [0.15, 0.2) is 28.8 Å². The molecule has 4 aromatic rings. The Morgan fingerprint density at radius 2 is 1.45 bits per heavy atom. The van der Waals surface area contributed by atoms with E-state index >= 15 is 0 Å². The van der Waals surface area contributed by atoms with Gasteiger partial charge < -0.3 is 14.4 Å². The van der Waals surface area contributed by atoms with E-state index in [2.05, 4.69) is 0 Å². The van der Waals surface area contributed by atoms with Gasteiger partial charge in [0.1, 0.15) is 11.5 Å². The predicted octanol–water partition coefficient (Wildman–Crippen LogP) is 6.67. The molecule has 1 saturated heterocycles. The highest BCUT2D eigenvalue weighted by atomic mass is 35.5. The number of carbonyl (C=O) groups is 3. The fourth-order valence-corrected chi connectivity index (χ4v) is 7.25. The summed E-state index contributed by atoms with van der Waals surface area (Å²) in [6, 6.07) is 25.2. The molecule has 1 fully saturated rings. The number of hydrogen-bond donors (Lipinski definition) is 0. The minimum atomic E-state index is -1.60. The maximum atomic E-state index is 14.7. The normalized spacial score (nSPS) is 21.2.